The molecule has 2 aromatic rings. The minimum atomic E-state index is -0.442. The van der Waals surface area contributed by atoms with Crippen molar-refractivity contribution >= 4 is 11.6 Å². The van der Waals surface area contributed by atoms with Gasteiger partial charge in [-0.05, 0) is 18.6 Å². The molecule has 1 aromatic heterocycles. The number of nitro groups is 1. The number of nitrogens with zero attached hydrogens (tertiary/aromatic N) is 4. The predicted molar refractivity (Wildman–Crippen MR) is 62.2 cm³/mol. The van der Waals surface area contributed by atoms with E-state index in [-0.39, 0.29) is 11.6 Å². The SMILES string of the molecule is Cc1cc(-c2nc(N)n(C)n2)cc([N+](=O)[O-])c1. The van der Waals surface area contributed by atoms with Gasteiger partial charge in [-0.15, -0.1) is 5.10 Å². The van der Waals surface area contributed by atoms with Gasteiger partial charge in [0.1, 0.15) is 0 Å². The molecule has 88 valence electrons. The van der Waals surface area contributed by atoms with Gasteiger partial charge in [-0.3, -0.25) is 10.1 Å². The molecule has 0 aliphatic heterocycles. The highest BCUT2D eigenvalue weighted by atomic mass is 16.6. The molecule has 0 radical (unpaired) electrons. The molecule has 0 bridgehead atoms. The summed E-state index contributed by atoms with van der Waals surface area (Å²) >= 11 is 0. The summed E-state index contributed by atoms with van der Waals surface area (Å²) in [4.78, 5) is 14.3. The second kappa shape index (κ2) is 3.85. The third kappa shape index (κ3) is 2.07. The van der Waals surface area contributed by atoms with Gasteiger partial charge in [-0.1, -0.05) is 0 Å². The first-order valence-electron chi connectivity index (χ1n) is 4.90. The van der Waals surface area contributed by atoms with Crippen LogP contribution in [0.5, 0.6) is 0 Å². The minimum absolute atomic E-state index is 0.0195. The molecule has 0 saturated heterocycles. The fraction of sp³-hybridized carbons (Fsp3) is 0.200. The van der Waals surface area contributed by atoms with Gasteiger partial charge in [0, 0.05) is 24.7 Å². The molecular formula is C10H11N5O2. The Kier molecular flexibility index (Phi) is 2.51. The minimum Gasteiger partial charge on any atom is -0.368 e. The van der Waals surface area contributed by atoms with Crippen LogP contribution in [0.2, 0.25) is 0 Å². The van der Waals surface area contributed by atoms with Gasteiger partial charge in [0.15, 0.2) is 5.82 Å². The maximum atomic E-state index is 10.7. The van der Waals surface area contributed by atoms with Crippen LogP contribution in [-0.4, -0.2) is 19.7 Å². The Morgan fingerprint density at radius 1 is 1.41 bits per heavy atom. The molecule has 0 aliphatic carbocycles. The van der Waals surface area contributed by atoms with E-state index in [0.717, 1.165) is 5.56 Å². The molecule has 0 atom stereocenters. The van der Waals surface area contributed by atoms with E-state index in [9.17, 15) is 10.1 Å². The molecule has 0 amide bonds. The van der Waals surface area contributed by atoms with Crippen molar-refractivity contribution < 1.29 is 4.92 Å². The standard InChI is InChI=1S/C10H11N5O2/c1-6-3-7(5-8(4-6)15(16)17)9-12-10(11)14(2)13-9/h3-5H,1-2H3,(H2,11,12,13). The van der Waals surface area contributed by atoms with Crippen molar-refractivity contribution in [1.29, 1.82) is 0 Å². The summed E-state index contributed by atoms with van der Waals surface area (Å²) in [6.07, 6.45) is 0. The number of nitro benzene ring substituents is 1. The summed E-state index contributed by atoms with van der Waals surface area (Å²) < 4.78 is 1.42. The molecule has 0 saturated carbocycles. The average Bonchev–Trinajstić information content (AvgIpc) is 2.58. The number of anilines is 1. The third-order valence-corrected chi connectivity index (χ3v) is 2.33. The maximum Gasteiger partial charge on any atom is 0.270 e. The lowest BCUT2D eigenvalue weighted by Gasteiger charge is -1.98. The second-order valence-electron chi connectivity index (χ2n) is 3.73. The van der Waals surface area contributed by atoms with E-state index in [2.05, 4.69) is 10.1 Å². The Morgan fingerprint density at radius 3 is 2.65 bits per heavy atom. The Morgan fingerprint density at radius 2 is 2.12 bits per heavy atom. The van der Waals surface area contributed by atoms with Gasteiger partial charge < -0.3 is 5.73 Å². The van der Waals surface area contributed by atoms with Crippen LogP contribution in [-0.2, 0) is 7.05 Å². The topological polar surface area (TPSA) is 99.9 Å². The van der Waals surface area contributed by atoms with Gasteiger partial charge in [0.25, 0.3) is 5.69 Å². The number of benzene rings is 1. The Balaban J connectivity index is 2.55. The zero-order chi connectivity index (χ0) is 12.6. The fourth-order valence-electron chi connectivity index (χ4n) is 1.52. The normalized spacial score (nSPS) is 10.5. The Bertz CT molecular complexity index is 571. The Hall–Kier alpha value is -2.44. The molecule has 0 unspecified atom stereocenters. The molecule has 2 rings (SSSR count). The van der Waals surface area contributed by atoms with Gasteiger partial charge >= 0.3 is 0 Å². The molecule has 2 N–H and O–H groups in total. The second-order valence-corrected chi connectivity index (χ2v) is 3.73. The molecule has 7 heteroatoms. The van der Waals surface area contributed by atoms with Crippen molar-refractivity contribution in [3.05, 3.63) is 33.9 Å². The van der Waals surface area contributed by atoms with Gasteiger partial charge in [0.05, 0.1) is 4.92 Å². The van der Waals surface area contributed by atoms with Crippen molar-refractivity contribution in [2.24, 2.45) is 7.05 Å². The summed E-state index contributed by atoms with van der Waals surface area (Å²) in [6, 6.07) is 4.71. The highest BCUT2D eigenvalue weighted by Gasteiger charge is 2.13. The largest absolute Gasteiger partial charge is 0.368 e. The molecular weight excluding hydrogens is 222 g/mol. The lowest BCUT2D eigenvalue weighted by Crippen LogP contribution is -1.97. The van der Waals surface area contributed by atoms with Crippen LogP contribution in [0.3, 0.4) is 0 Å². The number of hydrogen-bond acceptors (Lipinski definition) is 5. The summed E-state index contributed by atoms with van der Waals surface area (Å²) in [5.74, 6) is 0.654. The van der Waals surface area contributed by atoms with Crippen LogP contribution in [0.1, 0.15) is 5.56 Å². The highest BCUT2D eigenvalue weighted by Crippen LogP contribution is 2.23. The fourth-order valence-corrected chi connectivity index (χ4v) is 1.52. The lowest BCUT2D eigenvalue weighted by molar-refractivity contribution is -0.384. The maximum absolute atomic E-state index is 10.7. The van der Waals surface area contributed by atoms with Crippen LogP contribution in [0.25, 0.3) is 11.4 Å². The van der Waals surface area contributed by atoms with Crippen molar-refractivity contribution in [1.82, 2.24) is 14.8 Å². The van der Waals surface area contributed by atoms with E-state index in [0.29, 0.717) is 11.4 Å². The van der Waals surface area contributed by atoms with E-state index in [4.69, 9.17) is 5.73 Å². The van der Waals surface area contributed by atoms with E-state index < -0.39 is 4.92 Å². The Labute approximate surface area is 97.0 Å². The van der Waals surface area contributed by atoms with E-state index >= 15 is 0 Å². The number of nitrogen functional groups attached to an aromatic ring is 1. The van der Waals surface area contributed by atoms with Crippen molar-refractivity contribution in [3.63, 3.8) is 0 Å². The van der Waals surface area contributed by atoms with E-state index in [1.807, 2.05) is 0 Å². The predicted octanol–water partition coefficient (Wildman–Crippen LogP) is 1.28. The number of nitrogens with two attached hydrogens (primary N) is 1. The van der Waals surface area contributed by atoms with Crippen LogP contribution in [0.4, 0.5) is 11.6 Å². The zero-order valence-corrected chi connectivity index (χ0v) is 9.41. The number of aromatic nitrogens is 3. The number of non-ortho nitro benzene ring substituents is 1. The summed E-state index contributed by atoms with van der Waals surface area (Å²) in [7, 11) is 1.66. The summed E-state index contributed by atoms with van der Waals surface area (Å²) in [5, 5.41) is 14.8. The van der Waals surface area contributed by atoms with Gasteiger partial charge in [-0.2, -0.15) is 4.98 Å². The van der Waals surface area contributed by atoms with E-state index in [1.165, 1.54) is 16.8 Å². The molecule has 1 heterocycles. The molecule has 17 heavy (non-hydrogen) atoms. The quantitative estimate of drug-likeness (QED) is 0.622. The lowest BCUT2D eigenvalue weighted by atomic mass is 10.1. The smallest absolute Gasteiger partial charge is 0.270 e. The summed E-state index contributed by atoms with van der Waals surface area (Å²) in [5.41, 5.74) is 6.95. The number of hydrogen-bond donors (Lipinski definition) is 1. The number of aryl methyl sites for hydroxylation is 2. The average molecular weight is 233 g/mol. The zero-order valence-electron chi connectivity index (χ0n) is 9.41. The van der Waals surface area contributed by atoms with E-state index in [1.54, 1.807) is 20.0 Å². The van der Waals surface area contributed by atoms with Crippen molar-refractivity contribution in [3.8, 4) is 11.4 Å². The monoisotopic (exact) mass is 233 g/mol. The first-order valence-corrected chi connectivity index (χ1v) is 4.90. The first kappa shape index (κ1) is 11.1. The van der Waals surface area contributed by atoms with Crippen molar-refractivity contribution in [2.75, 3.05) is 5.73 Å². The summed E-state index contributed by atoms with van der Waals surface area (Å²) in [6.45, 7) is 1.78. The van der Waals surface area contributed by atoms with Crippen LogP contribution < -0.4 is 5.73 Å². The van der Waals surface area contributed by atoms with Crippen LogP contribution >= 0.6 is 0 Å². The van der Waals surface area contributed by atoms with Crippen molar-refractivity contribution in [2.45, 2.75) is 6.92 Å². The van der Waals surface area contributed by atoms with Gasteiger partial charge in [-0.25, -0.2) is 4.68 Å². The molecule has 1 aromatic carbocycles. The van der Waals surface area contributed by atoms with Crippen LogP contribution in [0.15, 0.2) is 18.2 Å². The molecule has 0 fully saturated rings. The molecule has 7 nitrogen and oxygen atoms in total. The number of rotatable bonds is 2. The third-order valence-electron chi connectivity index (χ3n) is 2.33. The highest BCUT2D eigenvalue weighted by molar-refractivity contribution is 5.61. The molecule has 0 aliphatic rings. The van der Waals surface area contributed by atoms with Crippen LogP contribution in [0, 0.1) is 17.0 Å². The van der Waals surface area contributed by atoms with Gasteiger partial charge in [0.2, 0.25) is 5.95 Å². The first-order chi connectivity index (χ1) is 7.97. The molecule has 0 spiro atoms.